The number of carbonyl (C=O) groups excluding carboxylic acids is 1. The SMILES string of the molecule is O=CCc1cc(-c2ccc(F)c(F)c2)nc2ccc(F)cc12. The molecule has 0 fully saturated rings. The third-order valence-corrected chi connectivity index (χ3v) is 3.38. The van der Waals surface area contributed by atoms with E-state index < -0.39 is 17.5 Å². The fraction of sp³-hybridized carbons (Fsp3) is 0.0588. The zero-order chi connectivity index (χ0) is 15.7. The molecule has 2 nitrogen and oxygen atoms in total. The van der Waals surface area contributed by atoms with Crippen LogP contribution in [0, 0.1) is 17.5 Å². The summed E-state index contributed by atoms with van der Waals surface area (Å²) in [6.07, 6.45) is 0.786. The van der Waals surface area contributed by atoms with Crippen molar-refractivity contribution in [2.75, 3.05) is 0 Å². The van der Waals surface area contributed by atoms with Crippen LogP contribution in [0.3, 0.4) is 0 Å². The molecule has 0 amide bonds. The molecule has 0 N–H and O–H groups in total. The molecule has 5 heteroatoms. The summed E-state index contributed by atoms with van der Waals surface area (Å²) in [5, 5.41) is 0.526. The van der Waals surface area contributed by atoms with E-state index in [1.807, 2.05) is 0 Å². The minimum atomic E-state index is -0.976. The topological polar surface area (TPSA) is 30.0 Å². The van der Waals surface area contributed by atoms with Gasteiger partial charge in [-0.15, -0.1) is 0 Å². The molecular weight excluding hydrogens is 291 g/mol. The lowest BCUT2D eigenvalue weighted by atomic mass is 10.0. The number of aldehydes is 1. The van der Waals surface area contributed by atoms with Crippen LogP contribution < -0.4 is 0 Å². The maximum atomic E-state index is 13.4. The van der Waals surface area contributed by atoms with Gasteiger partial charge >= 0.3 is 0 Å². The van der Waals surface area contributed by atoms with Gasteiger partial charge in [-0.2, -0.15) is 0 Å². The molecule has 0 atom stereocenters. The Hall–Kier alpha value is -2.69. The number of benzene rings is 2. The van der Waals surface area contributed by atoms with Gasteiger partial charge in [-0.1, -0.05) is 0 Å². The van der Waals surface area contributed by atoms with E-state index in [9.17, 15) is 18.0 Å². The van der Waals surface area contributed by atoms with Crippen LogP contribution >= 0.6 is 0 Å². The molecular formula is C17H10F3NO. The van der Waals surface area contributed by atoms with Gasteiger partial charge in [-0.3, -0.25) is 0 Å². The summed E-state index contributed by atoms with van der Waals surface area (Å²) in [6.45, 7) is 0. The molecule has 0 saturated heterocycles. The summed E-state index contributed by atoms with van der Waals surface area (Å²) < 4.78 is 39.8. The van der Waals surface area contributed by atoms with Crippen LogP contribution in [-0.2, 0) is 11.2 Å². The van der Waals surface area contributed by atoms with Crippen LogP contribution in [0.4, 0.5) is 13.2 Å². The minimum absolute atomic E-state index is 0.0825. The van der Waals surface area contributed by atoms with Crippen molar-refractivity contribution >= 4 is 17.2 Å². The number of aromatic nitrogens is 1. The van der Waals surface area contributed by atoms with Gasteiger partial charge in [0.25, 0.3) is 0 Å². The number of fused-ring (bicyclic) bond motifs is 1. The number of pyridine rings is 1. The van der Waals surface area contributed by atoms with Gasteiger partial charge in [0.05, 0.1) is 11.2 Å². The number of hydrogen-bond acceptors (Lipinski definition) is 2. The van der Waals surface area contributed by atoms with Crippen molar-refractivity contribution < 1.29 is 18.0 Å². The smallest absolute Gasteiger partial charge is 0.159 e. The molecule has 3 rings (SSSR count). The van der Waals surface area contributed by atoms with E-state index in [4.69, 9.17) is 0 Å². The van der Waals surface area contributed by atoms with E-state index in [-0.39, 0.29) is 6.42 Å². The highest BCUT2D eigenvalue weighted by Gasteiger charge is 2.10. The number of nitrogens with zero attached hydrogens (tertiary/aromatic N) is 1. The number of hydrogen-bond donors (Lipinski definition) is 0. The monoisotopic (exact) mass is 301 g/mol. The molecule has 2 aromatic carbocycles. The summed E-state index contributed by atoms with van der Waals surface area (Å²) in [5.74, 6) is -2.35. The predicted molar refractivity (Wildman–Crippen MR) is 76.8 cm³/mol. The van der Waals surface area contributed by atoms with Crippen molar-refractivity contribution in [1.82, 2.24) is 4.98 Å². The van der Waals surface area contributed by atoms with E-state index in [1.54, 1.807) is 6.07 Å². The summed E-state index contributed by atoms with van der Waals surface area (Å²) in [7, 11) is 0. The zero-order valence-corrected chi connectivity index (χ0v) is 11.3. The molecule has 1 heterocycles. The summed E-state index contributed by atoms with van der Waals surface area (Å²) in [6, 6.07) is 9.09. The highest BCUT2D eigenvalue weighted by Crippen LogP contribution is 2.26. The second-order valence-corrected chi connectivity index (χ2v) is 4.83. The molecule has 0 spiro atoms. The highest BCUT2D eigenvalue weighted by molar-refractivity contribution is 5.87. The van der Waals surface area contributed by atoms with Crippen molar-refractivity contribution in [3.05, 3.63) is 65.5 Å². The molecule has 0 saturated carbocycles. The highest BCUT2D eigenvalue weighted by atomic mass is 19.2. The van der Waals surface area contributed by atoms with Gasteiger partial charge in [0.15, 0.2) is 11.6 Å². The molecule has 0 aliphatic carbocycles. The third kappa shape index (κ3) is 2.57. The van der Waals surface area contributed by atoms with Gasteiger partial charge in [0.2, 0.25) is 0 Å². The maximum Gasteiger partial charge on any atom is 0.159 e. The fourth-order valence-corrected chi connectivity index (χ4v) is 2.33. The van der Waals surface area contributed by atoms with Crippen LogP contribution in [0.25, 0.3) is 22.2 Å². The molecule has 110 valence electrons. The standard InChI is InChI=1S/C17H10F3NO/c18-12-2-4-16-13(9-12)10(5-6-22)8-17(21-16)11-1-3-14(19)15(20)7-11/h1-4,6-9H,5H2. The summed E-state index contributed by atoms with van der Waals surface area (Å²) in [4.78, 5) is 15.2. The number of rotatable bonds is 3. The Labute approximate surface area is 124 Å². The van der Waals surface area contributed by atoms with E-state index in [2.05, 4.69) is 4.98 Å². The largest absolute Gasteiger partial charge is 0.303 e. The second kappa shape index (κ2) is 5.60. The Kier molecular flexibility index (Phi) is 3.63. The van der Waals surface area contributed by atoms with Crippen LogP contribution in [0.15, 0.2) is 42.5 Å². The van der Waals surface area contributed by atoms with Crippen LogP contribution in [-0.4, -0.2) is 11.3 Å². The Morgan fingerprint density at radius 1 is 0.955 bits per heavy atom. The van der Waals surface area contributed by atoms with Crippen LogP contribution in [0.5, 0.6) is 0 Å². The van der Waals surface area contributed by atoms with Crippen molar-refractivity contribution in [3.63, 3.8) is 0 Å². The Morgan fingerprint density at radius 2 is 1.77 bits per heavy atom. The molecule has 0 aliphatic rings. The predicted octanol–water partition coefficient (Wildman–Crippen LogP) is 4.06. The first-order valence-corrected chi connectivity index (χ1v) is 6.57. The van der Waals surface area contributed by atoms with E-state index in [0.29, 0.717) is 34.0 Å². The lowest BCUT2D eigenvalue weighted by Gasteiger charge is -2.08. The Balaban J connectivity index is 2.23. The average molecular weight is 301 g/mol. The average Bonchev–Trinajstić information content (AvgIpc) is 2.50. The summed E-state index contributed by atoms with van der Waals surface area (Å²) >= 11 is 0. The fourth-order valence-electron chi connectivity index (χ4n) is 2.33. The number of halogens is 3. The van der Waals surface area contributed by atoms with Crippen molar-refractivity contribution in [2.45, 2.75) is 6.42 Å². The lowest BCUT2D eigenvalue weighted by molar-refractivity contribution is -0.107. The van der Waals surface area contributed by atoms with Crippen molar-refractivity contribution in [1.29, 1.82) is 0 Å². The molecule has 1 aromatic heterocycles. The van der Waals surface area contributed by atoms with Gasteiger partial charge in [0.1, 0.15) is 12.1 Å². The Bertz CT molecular complexity index is 877. The third-order valence-electron chi connectivity index (χ3n) is 3.38. The second-order valence-electron chi connectivity index (χ2n) is 4.83. The molecule has 0 aliphatic heterocycles. The first-order valence-electron chi connectivity index (χ1n) is 6.57. The Morgan fingerprint density at radius 3 is 2.50 bits per heavy atom. The maximum absolute atomic E-state index is 13.4. The summed E-state index contributed by atoms with van der Waals surface area (Å²) in [5.41, 5.74) is 1.85. The quantitative estimate of drug-likeness (QED) is 0.683. The van der Waals surface area contributed by atoms with Gasteiger partial charge in [-0.05, 0) is 48.0 Å². The molecule has 3 aromatic rings. The molecule has 0 radical (unpaired) electrons. The first-order chi connectivity index (χ1) is 10.6. The van der Waals surface area contributed by atoms with Crippen LogP contribution in [0.2, 0.25) is 0 Å². The zero-order valence-electron chi connectivity index (χ0n) is 11.3. The minimum Gasteiger partial charge on any atom is -0.303 e. The van der Waals surface area contributed by atoms with Gasteiger partial charge < -0.3 is 4.79 Å². The van der Waals surface area contributed by atoms with Crippen molar-refractivity contribution in [2.24, 2.45) is 0 Å². The van der Waals surface area contributed by atoms with E-state index in [0.717, 1.165) is 12.1 Å². The van der Waals surface area contributed by atoms with E-state index >= 15 is 0 Å². The van der Waals surface area contributed by atoms with E-state index in [1.165, 1.54) is 24.3 Å². The molecule has 22 heavy (non-hydrogen) atoms. The van der Waals surface area contributed by atoms with Crippen LogP contribution in [0.1, 0.15) is 5.56 Å². The van der Waals surface area contributed by atoms with Gasteiger partial charge in [-0.25, -0.2) is 18.2 Å². The molecule has 0 unspecified atom stereocenters. The normalized spacial score (nSPS) is 10.9. The van der Waals surface area contributed by atoms with Gasteiger partial charge in [0, 0.05) is 17.4 Å². The lowest BCUT2D eigenvalue weighted by Crippen LogP contribution is -1.95. The molecule has 0 bridgehead atoms. The number of carbonyl (C=O) groups is 1. The first kappa shape index (κ1) is 14.3. The van der Waals surface area contributed by atoms with Crippen molar-refractivity contribution in [3.8, 4) is 11.3 Å².